The van der Waals surface area contributed by atoms with E-state index in [1.54, 1.807) is 14.2 Å². The summed E-state index contributed by atoms with van der Waals surface area (Å²) in [7, 11) is 3.17. The Morgan fingerprint density at radius 1 is 0.929 bits per heavy atom. The molecule has 56 heavy (non-hydrogen) atoms. The van der Waals surface area contributed by atoms with Crippen molar-refractivity contribution in [3.8, 4) is 11.8 Å². The minimum absolute atomic E-state index is 0. The van der Waals surface area contributed by atoms with Crippen LogP contribution in [0.1, 0.15) is 46.5 Å². The summed E-state index contributed by atoms with van der Waals surface area (Å²) in [5.74, 6) is 2.10. The zero-order chi connectivity index (χ0) is 38.8. The van der Waals surface area contributed by atoms with Gasteiger partial charge in [0.05, 0.1) is 65.9 Å². The van der Waals surface area contributed by atoms with Crippen LogP contribution in [0.15, 0.2) is 34.1 Å². The van der Waals surface area contributed by atoms with Gasteiger partial charge in [-0.2, -0.15) is 21.7 Å². The summed E-state index contributed by atoms with van der Waals surface area (Å²) >= 11 is 3.31. The Morgan fingerprint density at radius 3 is 2.29 bits per heavy atom. The normalized spacial score (nSPS) is 19.1. The highest BCUT2D eigenvalue weighted by Gasteiger charge is 2.42. The first-order valence-electron chi connectivity index (χ1n) is 19.0. The van der Waals surface area contributed by atoms with Gasteiger partial charge in [-0.3, -0.25) is 14.5 Å². The molecule has 3 unspecified atom stereocenters. The van der Waals surface area contributed by atoms with Crippen LogP contribution in [0.5, 0.6) is 11.8 Å². The van der Waals surface area contributed by atoms with Crippen molar-refractivity contribution in [2.75, 3.05) is 109 Å². The molecular weight excluding hydrogens is 763 g/mol. The average Bonchev–Trinajstić information content (AvgIpc) is 3.76. The number of nitrogens with zero attached hydrogens (tertiary/aromatic N) is 4. The topological polar surface area (TPSA) is 175 Å². The summed E-state index contributed by atoms with van der Waals surface area (Å²) in [4.78, 5) is 50.9. The number of methoxy groups -OCH3 is 2. The van der Waals surface area contributed by atoms with Crippen LogP contribution in [0, 0.1) is 0 Å². The van der Waals surface area contributed by atoms with Crippen molar-refractivity contribution >= 4 is 53.1 Å². The van der Waals surface area contributed by atoms with Crippen LogP contribution in [0.2, 0.25) is 0 Å². The zero-order valence-electron chi connectivity index (χ0n) is 32.0. The van der Waals surface area contributed by atoms with Gasteiger partial charge < -0.3 is 49.3 Å². The summed E-state index contributed by atoms with van der Waals surface area (Å²) in [5.41, 5.74) is 0.718. The summed E-state index contributed by atoms with van der Waals surface area (Å²) in [6.07, 6.45) is 3.49. The van der Waals surface area contributed by atoms with Gasteiger partial charge in [0.2, 0.25) is 23.6 Å². The molecule has 5 rings (SSSR count). The molecule has 1 aromatic heterocycles. The smallest absolute Gasteiger partial charge is 0.315 e. The molecule has 3 fully saturated rings. The number of nitrogens with one attached hydrogen (secondary N) is 3. The van der Waals surface area contributed by atoms with E-state index in [0.717, 1.165) is 68.3 Å². The van der Waals surface area contributed by atoms with Gasteiger partial charge in [-0.15, -0.1) is 0 Å². The number of ether oxygens (including phenoxy) is 6. The number of unbranched alkanes of at least 4 members (excludes halogenated alkanes) is 1. The predicted molar refractivity (Wildman–Crippen MR) is 217 cm³/mol. The standard InChI is InChI=1S/C37H55N7O9S2.CH4/c1-4-30(45)38-26-8-7-9-27(24-26)55-33-34(48-2)41-36(42-35(33)49-3)44-14-12-43(13-15-44)16-17-50-18-19-51-20-21-52-22-23-53-31(46)11-6-5-10-29-32-28(25-54-29)39-37(47)40-32;/h7-9,24,28-29,32H,4-6,10-23,25H2,1-3H3,(H,38,45)(H2,39,40,47);1H4. The van der Waals surface area contributed by atoms with E-state index in [1.165, 1.54) is 11.8 Å². The molecular formula is C38H59N7O9S2. The van der Waals surface area contributed by atoms with Crippen molar-refractivity contribution < 1.29 is 42.8 Å². The SMILES string of the molecule is C.CCC(=O)Nc1cccc(Sc2c(OC)nc(N3CCN(CCOCCOCCOCCOC(=O)CCCCC4SCC5NC(=O)NC54)CC3)nc2OC)c1. The van der Waals surface area contributed by atoms with Crippen molar-refractivity contribution in [1.29, 1.82) is 0 Å². The second kappa shape index (κ2) is 24.3. The molecule has 18 heteroatoms. The van der Waals surface area contributed by atoms with Gasteiger partial charge in [-0.25, -0.2) is 4.79 Å². The molecule has 0 aliphatic carbocycles. The molecule has 3 aliphatic rings. The third-order valence-electron chi connectivity index (χ3n) is 9.34. The number of fused-ring (bicyclic) bond motifs is 1. The van der Waals surface area contributed by atoms with Gasteiger partial charge in [-0.1, -0.05) is 38.6 Å². The highest BCUT2D eigenvalue weighted by Crippen LogP contribution is 2.41. The summed E-state index contributed by atoms with van der Waals surface area (Å²) in [6, 6.07) is 7.94. The number of carbonyl (C=O) groups is 3. The number of hydrogen-bond donors (Lipinski definition) is 3. The Labute approximate surface area is 339 Å². The molecule has 3 N–H and O–H groups in total. The van der Waals surface area contributed by atoms with E-state index < -0.39 is 0 Å². The Hall–Kier alpha value is -3.55. The molecule has 3 atom stereocenters. The number of benzene rings is 1. The van der Waals surface area contributed by atoms with E-state index in [9.17, 15) is 14.4 Å². The van der Waals surface area contributed by atoms with Crippen LogP contribution in [-0.4, -0.2) is 149 Å². The first kappa shape index (κ1) is 45.2. The van der Waals surface area contributed by atoms with E-state index in [4.69, 9.17) is 38.4 Å². The molecule has 0 spiro atoms. The Morgan fingerprint density at radius 2 is 1.61 bits per heavy atom. The fourth-order valence-corrected chi connectivity index (χ4v) is 8.91. The number of amides is 3. The lowest BCUT2D eigenvalue weighted by Gasteiger charge is -2.34. The summed E-state index contributed by atoms with van der Waals surface area (Å²) in [5, 5.41) is 9.25. The lowest BCUT2D eigenvalue weighted by atomic mass is 10.0. The van der Waals surface area contributed by atoms with Gasteiger partial charge in [0.1, 0.15) is 11.5 Å². The molecule has 16 nitrogen and oxygen atoms in total. The molecule has 0 radical (unpaired) electrons. The summed E-state index contributed by atoms with van der Waals surface area (Å²) in [6.45, 7) is 8.83. The number of esters is 1. The molecule has 0 bridgehead atoms. The van der Waals surface area contributed by atoms with E-state index in [1.807, 2.05) is 43.0 Å². The molecule has 0 saturated carbocycles. The number of anilines is 2. The van der Waals surface area contributed by atoms with Gasteiger partial charge in [-0.05, 0) is 31.0 Å². The van der Waals surface area contributed by atoms with Crippen LogP contribution in [0.25, 0.3) is 0 Å². The number of carbonyl (C=O) groups excluding carboxylic acids is 3. The fourth-order valence-electron chi connectivity index (χ4n) is 6.36. The number of thioether (sulfide) groups is 1. The lowest BCUT2D eigenvalue weighted by Crippen LogP contribution is -2.48. The van der Waals surface area contributed by atoms with Crippen molar-refractivity contribution in [2.45, 2.75) is 73.6 Å². The van der Waals surface area contributed by atoms with Crippen LogP contribution in [0.3, 0.4) is 0 Å². The minimum Gasteiger partial charge on any atom is -0.480 e. The molecule has 4 heterocycles. The minimum atomic E-state index is -0.206. The molecule has 3 amide bonds. The highest BCUT2D eigenvalue weighted by atomic mass is 32.2. The lowest BCUT2D eigenvalue weighted by molar-refractivity contribution is -0.145. The van der Waals surface area contributed by atoms with Crippen LogP contribution >= 0.6 is 23.5 Å². The van der Waals surface area contributed by atoms with Crippen LogP contribution in [0.4, 0.5) is 16.4 Å². The molecule has 3 aliphatic heterocycles. The maximum Gasteiger partial charge on any atom is 0.315 e. The monoisotopic (exact) mass is 821 g/mol. The van der Waals surface area contributed by atoms with Crippen molar-refractivity contribution in [2.24, 2.45) is 0 Å². The highest BCUT2D eigenvalue weighted by molar-refractivity contribution is 8.00. The average molecular weight is 822 g/mol. The largest absolute Gasteiger partial charge is 0.480 e. The van der Waals surface area contributed by atoms with E-state index in [-0.39, 0.29) is 44.0 Å². The van der Waals surface area contributed by atoms with Gasteiger partial charge >= 0.3 is 12.0 Å². The van der Waals surface area contributed by atoms with Gasteiger partial charge in [0.25, 0.3) is 0 Å². The molecule has 2 aromatic rings. The Kier molecular flexibility index (Phi) is 19.6. The number of urea groups is 1. The second-order valence-corrected chi connectivity index (χ2v) is 15.5. The van der Waals surface area contributed by atoms with Crippen LogP contribution in [-0.2, 0) is 28.5 Å². The first-order chi connectivity index (χ1) is 26.9. The molecule has 312 valence electrons. The van der Waals surface area contributed by atoms with Gasteiger partial charge in [0, 0.05) is 67.2 Å². The maximum absolute atomic E-state index is 12.0. The number of rotatable bonds is 24. The fraction of sp³-hybridized carbons (Fsp3) is 0.658. The predicted octanol–water partition coefficient (Wildman–Crippen LogP) is 4.07. The quantitative estimate of drug-likeness (QED) is 0.0785. The van der Waals surface area contributed by atoms with E-state index in [0.29, 0.717) is 80.3 Å². The summed E-state index contributed by atoms with van der Waals surface area (Å²) < 4.78 is 33.5. The Balaban J connectivity index is 0.00000696. The van der Waals surface area contributed by atoms with Crippen LogP contribution < -0.4 is 30.3 Å². The Bertz CT molecular complexity index is 1510. The molecule has 3 saturated heterocycles. The maximum atomic E-state index is 12.0. The van der Waals surface area contributed by atoms with Crippen molar-refractivity contribution in [3.63, 3.8) is 0 Å². The first-order valence-corrected chi connectivity index (χ1v) is 20.9. The van der Waals surface area contributed by atoms with Gasteiger partial charge in [0.15, 0.2) is 0 Å². The second-order valence-electron chi connectivity index (χ2n) is 13.2. The van der Waals surface area contributed by atoms with E-state index >= 15 is 0 Å². The third-order valence-corrected chi connectivity index (χ3v) is 11.9. The third kappa shape index (κ3) is 14.1. The number of aromatic nitrogens is 2. The van der Waals surface area contributed by atoms with E-state index in [2.05, 4.69) is 25.8 Å². The van der Waals surface area contributed by atoms with Crippen molar-refractivity contribution in [3.05, 3.63) is 24.3 Å². The van der Waals surface area contributed by atoms with Crippen molar-refractivity contribution in [1.82, 2.24) is 25.5 Å². The number of piperazine rings is 1. The molecule has 1 aromatic carbocycles. The zero-order valence-corrected chi connectivity index (χ0v) is 33.7. The number of hydrogen-bond acceptors (Lipinski definition) is 15.